The molecule has 1 atom stereocenters. The average molecular weight is 282 g/mol. The first-order valence-electron chi connectivity index (χ1n) is 7.99. The van der Waals surface area contributed by atoms with E-state index in [1.165, 1.54) is 16.7 Å². The van der Waals surface area contributed by atoms with Crippen LogP contribution in [0.25, 0.3) is 5.57 Å². The monoisotopic (exact) mass is 282 g/mol. The van der Waals surface area contributed by atoms with Crippen molar-refractivity contribution >= 4 is 11.4 Å². The Morgan fingerprint density at radius 1 is 1.14 bits per heavy atom. The summed E-state index contributed by atoms with van der Waals surface area (Å²) in [5.41, 5.74) is 5.73. The predicted molar refractivity (Wildman–Crippen MR) is 90.1 cm³/mol. The number of allylic oxidation sites excluding steroid dienone is 3. The van der Waals surface area contributed by atoms with Crippen LogP contribution in [-0.4, -0.2) is 5.78 Å². The summed E-state index contributed by atoms with van der Waals surface area (Å²) in [6.07, 6.45) is 1.85. The van der Waals surface area contributed by atoms with Gasteiger partial charge in [0.05, 0.1) is 0 Å². The molecule has 0 radical (unpaired) electrons. The normalized spacial score (nSPS) is 23.7. The minimum Gasteiger partial charge on any atom is -0.289 e. The van der Waals surface area contributed by atoms with Gasteiger partial charge in [-0.05, 0) is 48.0 Å². The first kappa shape index (κ1) is 15.8. The molecular formula is C20H26O. The molecule has 0 N–H and O–H groups in total. The molecule has 112 valence electrons. The number of hydrogen-bond acceptors (Lipinski definition) is 1. The summed E-state index contributed by atoms with van der Waals surface area (Å²) >= 11 is 0. The van der Waals surface area contributed by atoms with Crippen LogP contribution in [0.15, 0.2) is 42.0 Å². The van der Waals surface area contributed by atoms with Crippen molar-refractivity contribution in [3.63, 3.8) is 0 Å². The summed E-state index contributed by atoms with van der Waals surface area (Å²) in [4.78, 5) is 12.3. The maximum absolute atomic E-state index is 12.3. The standard InChI is InChI=1S/C18H20O.C2H6/c1-11(2)18-9-12(3)17(19)13(4)16(18)15-8-6-5-7-14(15)10-18;1-2/h5-8,11H,3,9-10H2,1-2,4H3;1-2H3. The van der Waals surface area contributed by atoms with Crippen LogP contribution in [0, 0.1) is 11.3 Å². The Bertz CT molecular complexity index is 618. The van der Waals surface area contributed by atoms with Crippen molar-refractivity contribution in [3.8, 4) is 0 Å². The van der Waals surface area contributed by atoms with E-state index in [9.17, 15) is 4.79 Å². The zero-order valence-corrected chi connectivity index (χ0v) is 13.9. The summed E-state index contributed by atoms with van der Waals surface area (Å²) in [5, 5.41) is 0. The highest BCUT2D eigenvalue weighted by atomic mass is 16.1. The van der Waals surface area contributed by atoms with E-state index in [2.05, 4.69) is 44.7 Å². The second-order valence-electron chi connectivity index (χ2n) is 6.25. The minimum absolute atomic E-state index is 0.0821. The topological polar surface area (TPSA) is 17.1 Å². The molecule has 2 aliphatic carbocycles. The van der Waals surface area contributed by atoms with Crippen molar-refractivity contribution in [3.05, 3.63) is 53.1 Å². The highest BCUT2D eigenvalue weighted by Gasteiger charge is 2.48. The lowest BCUT2D eigenvalue weighted by atomic mass is 9.63. The quantitative estimate of drug-likeness (QED) is 0.646. The molecule has 2 aliphatic rings. The lowest BCUT2D eigenvalue weighted by Crippen LogP contribution is -2.34. The molecule has 0 spiro atoms. The van der Waals surface area contributed by atoms with Crippen LogP contribution in [-0.2, 0) is 11.2 Å². The van der Waals surface area contributed by atoms with E-state index in [1.54, 1.807) is 0 Å². The number of hydrogen-bond donors (Lipinski definition) is 0. The predicted octanol–water partition coefficient (Wildman–Crippen LogP) is 5.21. The number of rotatable bonds is 1. The number of carbonyl (C=O) groups excluding carboxylic acids is 1. The maximum Gasteiger partial charge on any atom is 0.184 e. The van der Waals surface area contributed by atoms with E-state index >= 15 is 0 Å². The number of Topliss-reactive ketones (excluding diaryl/α,β-unsaturated/α-hetero) is 1. The largest absolute Gasteiger partial charge is 0.289 e. The SMILES string of the molecule is C=C1CC2(C(C)C)Cc3ccccc3C2=C(C)C1=O.CC. The highest BCUT2D eigenvalue weighted by molar-refractivity contribution is 6.15. The number of benzene rings is 1. The van der Waals surface area contributed by atoms with Gasteiger partial charge < -0.3 is 0 Å². The van der Waals surface area contributed by atoms with Crippen molar-refractivity contribution < 1.29 is 4.79 Å². The van der Waals surface area contributed by atoms with E-state index in [-0.39, 0.29) is 11.2 Å². The molecule has 1 aromatic carbocycles. The lowest BCUT2D eigenvalue weighted by Gasteiger charge is -2.40. The van der Waals surface area contributed by atoms with Gasteiger partial charge in [-0.2, -0.15) is 0 Å². The molecule has 0 saturated heterocycles. The van der Waals surface area contributed by atoms with Crippen molar-refractivity contribution in [2.24, 2.45) is 11.3 Å². The molecule has 3 rings (SSSR count). The second kappa shape index (κ2) is 5.63. The van der Waals surface area contributed by atoms with Crippen LogP contribution in [0.2, 0.25) is 0 Å². The lowest BCUT2D eigenvalue weighted by molar-refractivity contribution is -0.112. The van der Waals surface area contributed by atoms with Gasteiger partial charge in [-0.15, -0.1) is 0 Å². The Hall–Kier alpha value is -1.63. The molecule has 21 heavy (non-hydrogen) atoms. The third-order valence-corrected chi connectivity index (χ3v) is 4.96. The van der Waals surface area contributed by atoms with E-state index in [1.807, 2.05) is 20.8 Å². The van der Waals surface area contributed by atoms with Crippen LogP contribution in [0.1, 0.15) is 52.2 Å². The smallest absolute Gasteiger partial charge is 0.184 e. The molecule has 0 aromatic heterocycles. The minimum atomic E-state index is 0.0821. The molecule has 0 bridgehead atoms. The Labute approximate surface area is 128 Å². The van der Waals surface area contributed by atoms with Gasteiger partial charge >= 0.3 is 0 Å². The summed E-state index contributed by atoms with van der Waals surface area (Å²) in [6, 6.07) is 8.53. The summed E-state index contributed by atoms with van der Waals surface area (Å²) < 4.78 is 0. The van der Waals surface area contributed by atoms with Gasteiger partial charge in [0, 0.05) is 11.0 Å². The summed E-state index contributed by atoms with van der Waals surface area (Å²) in [6.45, 7) is 14.5. The Balaban J connectivity index is 0.000000774. The summed E-state index contributed by atoms with van der Waals surface area (Å²) in [7, 11) is 0. The molecule has 1 unspecified atom stereocenters. The summed E-state index contributed by atoms with van der Waals surface area (Å²) in [5.74, 6) is 0.665. The molecule has 0 amide bonds. The molecular weight excluding hydrogens is 256 g/mol. The highest BCUT2D eigenvalue weighted by Crippen LogP contribution is 2.58. The van der Waals surface area contributed by atoms with Crippen LogP contribution < -0.4 is 0 Å². The van der Waals surface area contributed by atoms with Gasteiger partial charge in [0.25, 0.3) is 0 Å². The Kier molecular flexibility index (Phi) is 4.22. The molecule has 0 aliphatic heterocycles. The Morgan fingerprint density at radius 2 is 1.76 bits per heavy atom. The van der Waals surface area contributed by atoms with Crippen LogP contribution in [0.4, 0.5) is 0 Å². The third-order valence-electron chi connectivity index (χ3n) is 4.96. The third kappa shape index (κ3) is 2.19. The zero-order chi connectivity index (χ0) is 15.8. The van der Waals surface area contributed by atoms with Gasteiger partial charge in [-0.25, -0.2) is 0 Å². The van der Waals surface area contributed by atoms with Crippen LogP contribution in [0.5, 0.6) is 0 Å². The molecule has 1 aromatic rings. The average Bonchev–Trinajstić information content (AvgIpc) is 2.82. The molecule has 1 heteroatoms. The number of fused-ring (bicyclic) bond motifs is 3. The van der Waals surface area contributed by atoms with Crippen LogP contribution in [0.3, 0.4) is 0 Å². The van der Waals surface area contributed by atoms with Crippen molar-refractivity contribution in [2.75, 3.05) is 0 Å². The van der Waals surface area contributed by atoms with Crippen molar-refractivity contribution in [1.29, 1.82) is 0 Å². The first-order valence-corrected chi connectivity index (χ1v) is 7.99. The molecule has 1 nitrogen and oxygen atoms in total. The van der Waals surface area contributed by atoms with Gasteiger partial charge in [-0.3, -0.25) is 4.79 Å². The molecule has 0 fully saturated rings. The number of ketones is 1. The fraction of sp³-hybridized carbons (Fsp3) is 0.450. The fourth-order valence-corrected chi connectivity index (χ4v) is 3.88. The van der Waals surface area contributed by atoms with Gasteiger partial charge in [-0.1, -0.05) is 58.5 Å². The van der Waals surface area contributed by atoms with E-state index in [4.69, 9.17) is 0 Å². The number of carbonyl (C=O) groups is 1. The van der Waals surface area contributed by atoms with E-state index < -0.39 is 0 Å². The van der Waals surface area contributed by atoms with E-state index in [0.717, 1.165) is 24.0 Å². The van der Waals surface area contributed by atoms with Crippen molar-refractivity contribution in [2.45, 2.75) is 47.5 Å². The zero-order valence-electron chi connectivity index (χ0n) is 13.9. The first-order chi connectivity index (χ1) is 9.97. The van der Waals surface area contributed by atoms with E-state index in [0.29, 0.717) is 5.92 Å². The van der Waals surface area contributed by atoms with Gasteiger partial charge in [0.2, 0.25) is 0 Å². The Morgan fingerprint density at radius 3 is 2.38 bits per heavy atom. The van der Waals surface area contributed by atoms with Crippen molar-refractivity contribution in [1.82, 2.24) is 0 Å². The van der Waals surface area contributed by atoms with Gasteiger partial charge in [0.1, 0.15) is 0 Å². The fourth-order valence-electron chi connectivity index (χ4n) is 3.88. The molecule has 0 saturated carbocycles. The van der Waals surface area contributed by atoms with Crippen LogP contribution >= 0.6 is 0 Å². The second-order valence-corrected chi connectivity index (χ2v) is 6.25. The molecule has 0 heterocycles. The maximum atomic E-state index is 12.3. The van der Waals surface area contributed by atoms with Gasteiger partial charge in [0.15, 0.2) is 5.78 Å².